The summed E-state index contributed by atoms with van der Waals surface area (Å²) in [6, 6.07) is 7.84. The summed E-state index contributed by atoms with van der Waals surface area (Å²) in [5, 5.41) is 23.6. The second-order valence-electron chi connectivity index (χ2n) is 8.08. The van der Waals surface area contributed by atoms with Gasteiger partial charge in [-0.3, -0.25) is 0 Å². The van der Waals surface area contributed by atoms with E-state index in [-0.39, 0.29) is 6.10 Å². The van der Waals surface area contributed by atoms with Gasteiger partial charge in [-0.1, -0.05) is 54.5 Å². The van der Waals surface area contributed by atoms with Crippen LogP contribution in [-0.2, 0) is 4.74 Å². The van der Waals surface area contributed by atoms with Crippen molar-refractivity contribution in [2.24, 2.45) is 0 Å². The number of anilines is 1. The number of benzene rings is 1. The van der Waals surface area contributed by atoms with Crippen LogP contribution in [-0.4, -0.2) is 28.5 Å². The summed E-state index contributed by atoms with van der Waals surface area (Å²) in [6.07, 6.45) is 12.3. The third-order valence-corrected chi connectivity index (χ3v) is 5.54. The van der Waals surface area contributed by atoms with E-state index in [2.05, 4.69) is 43.5 Å². The van der Waals surface area contributed by atoms with Gasteiger partial charge in [0.2, 0.25) is 0 Å². The first-order valence-corrected chi connectivity index (χ1v) is 10.6. The number of allylic oxidation sites excluding steroid dienone is 7. The Morgan fingerprint density at radius 1 is 1.14 bits per heavy atom. The molecule has 4 heteroatoms. The van der Waals surface area contributed by atoms with Crippen LogP contribution >= 0.6 is 0 Å². The van der Waals surface area contributed by atoms with E-state index in [4.69, 9.17) is 4.74 Å². The molecule has 1 aliphatic heterocycles. The Labute approximate surface area is 174 Å². The highest BCUT2D eigenvalue weighted by Gasteiger charge is 2.35. The van der Waals surface area contributed by atoms with E-state index >= 15 is 0 Å². The fourth-order valence-electron chi connectivity index (χ4n) is 3.80. The number of nitrogens with one attached hydrogen (secondary N) is 1. The predicted octanol–water partition coefficient (Wildman–Crippen LogP) is 5.19. The predicted molar refractivity (Wildman–Crippen MR) is 119 cm³/mol. The zero-order chi connectivity index (χ0) is 20.8. The Morgan fingerprint density at radius 2 is 1.83 bits per heavy atom. The van der Waals surface area contributed by atoms with Crippen LogP contribution in [0.5, 0.6) is 0 Å². The van der Waals surface area contributed by atoms with E-state index in [1.54, 1.807) is 0 Å². The van der Waals surface area contributed by atoms with Crippen LogP contribution < -0.4 is 5.32 Å². The number of aliphatic hydroxyl groups excluding tert-OH is 2. The largest absolute Gasteiger partial charge is 0.390 e. The van der Waals surface area contributed by atoms with Crippen molar-refractivity contribution in [3.8, 4) is 0 Å². The second-order valence-corrected chi connectivity index (χ2v) is 8.08. The minimum absolute atomic E-state index is 0.0715. The van der Waals surface area contributed by atoms with Gasteiger partial charge >= 0.3 is 0 Å². The molecular formula is C25H33NO3. The van der Waals surface area contributed by atoms with Crippen molar-refractivity contribution in [1.29, 1.82) is 0 Å². The summed E-state index contributed by atoms with van der Waals surface area (Å²) in [5.74, 6) is 0. The number of aliphatic hydroxyl groups is 2. The summed E-state index contributed by atoms with van der Waals surface area (Å²) in [4.78, 5) is 0. The van der Waals surface area contributed by atoms with E-state index < -0.39 is 18.3 Å². The van der Waals surface area contributed by atoms with Gasteiger partial charge in [-0.2, -0.15) is 0 Å². The third-order valence-electron chi connectivity index (χ3n) is 5.54. The Morgan fingerprint density at radius 3 is 2.55 bits per heavy atom. The van der Waals surface area contributed by atoms with Crippen molar-refractivity contribution in [3.63, 3.8) is 0 Å². The maximum atomic E-state index is 10.2. The zero-order valence-corrected chi connectivity index (χ0v) is 17.6. The summed E-state index contributed by atoms with van der Waals surface area (Å²) >= 11 is 0. The van der Waals surface area contributed by atoms with Crippen molar-refractivity contribution >= 4 is 5.69 Å². The van der Waals surface area contributed by atoms with Gasteiger partial charge < -0.3 is 20.3 Å². The van der Waals surface area contributed by atoms with Crippen LogP contribution in [0.25, 0.3) is 0 Å². The topological polar surface area (TPSA) is 61.7 Å². The molecule has 4 atom stereocenters. The molecule has 1 aliphatic carbocycles. The van der Waals surface area contributed by atoms with Gasteiger partial charge in [0.25, 0.3) is 0 Å². The minimum Gasteiger partial charge on any atom is -0.390 e. The summed E-state index contributed by atoms with van der Waals surface area (Å²) < 4.78 is 5.84. The standard InChI is InChI=1S/C25H33NO3/c1-4-19-6-5-7-20(9-8-19)14-17(2)16-26-22-12-10-21(11-13-22)25-24(28)23(27)15-18(3)29-25/h6-13,16,18,23-28H,4-5,14-15H2,1-3H3/b17-16+/t18-,23+,24?,25+/m1/s1. The molecule has 1 aromatic rings. The molecule has 156 valence electrons. The molecule has 1 unspecified atom stereocenters. The van der Waals surface area contributed by atoms with E-state index in [0.29, 0.717) is 6.42 Å². The van der Waals surface area contributed by atoms with E-state index in [1.807, 2.05) is 37.4 Å². The molecule has 1 heterocycles. The normalized spacial score (nSPS) is 27.8. The van der Waals surface area contributed by atoms with E-state index in [0.717, 1.165) is 30.5 Å². The average molecular weight is 396 g/mol. The van der Waals surface area contributed by atoms with Gasteiger partial charge in [-0.25, -0.2) is 0 Å². The lowest BCUT2D eigenvalue weighted by atomic mass is 9.93. The van der Waals surface area contributed by atoms with Gasteiger partial charge in [0.15, 0.2) is 0 Å². The highest BCUT2D eigenvalue weighted by atomic mass is 16.5. The highest BCUT2D eigenvalue weighted by molar-refractivity contribution is 5.48. The molecule has 0 spiro atoms. The van der Waals surface area contributed by atoms with Gasteiger partial charge in [-0.05, 0) is 56.4 Å². The lowest BCUT2D eigenvalue weighted by Gasteiger charge is -2.36. The Bertz CT molecular complexity index is 804. The van der Waals surface area contributed by atoms with Gasteiger partial charge in [0.1, 0.15) is 12.2 Å². The fourth-order valence-corrected chi connectivity index (χ4v) is 3.80. The first-order chi connectivity index (χ1) is 14.0. The first kappa shape index (κ1) is 21.6. The molecule has 0 aromatic heterocycles. The Kier molecular flexibility index (Phi) is 7.48. The third kappa shape index (κ3) is 5.92. The lowest BCUT2D eigenvalue weighted by molar-refractivity contribution is -0.166. The molecule has 0 saturated carbocycles. The van der Waals surface area contributed by atoms with E-state index in [9.17, 15) is 10.2 Å². The molecule has 4 nitrogen and oxygen atoms in total. The molecule has 3 rings (SSSR count). The minimum atomic E-state index is -0.893. The van der Waals surface area contributed by atoms with Gasteiger partial charge in [0.05, 0.1) is 12.2 Å². The average Bonchev–Trinajstić information content (AvgIpc) is 2.94. The molecule has 3 N–H and O–H groups in total. The second kappa shape index (κ2) is 10.1. The number of hydrogen-bond acceptors (Lipinski definition) is 4. The molecular weight excluding hydrogens is 362 g/mol. The van der Waals surface area contributed by atoms with Gasteiger partial charge in [-0.15, -0.1) is 0 Å². The van der Waals surface area contributed by atoms with Crippen LogP contribution in [0.2, 0.25) is 0 Å². The van der Waals surface area contributed by atoms with Crippen LogP contribution in [0.15, 0.2) is 71.5 Å². The van der Waals surface area contributed by atoms with Crippen molar-refractivity contribution in [2.75, 3.05) is 5.32 Å². The summed E-state index contributed by atoms with van der Waals surface area (Å²) in [6.45, 7) is 6.24. The van der Waals surface area contributed by atoms with Crippen LogP contribution in [0.4, 0.5) is 5.69 Å². The molecule has 0 bridgehead atoms. The van der Waals surface area contributed by atoms with Crippen LogP contribution in [0.3, 0.4) is 0 Å². The highest BCUT2D eigenvalue weighted by Crippen LogP contribution is 2.32. The molecule has 1 aromatic carbocycles. The van der Waals surface area contributed by atoms with E-state index in [1.165, 1.54) is 16.7 Å². The quantitative estimate of drug-likeness (QED) is 0.620. The maximum Gasteiger partial charge on any atom is 0.111 e. The Hall–Kier alpha value is -2.14. The smallest absolute Gasteiger partial charge is 0.111 e. The van der Waals surface area contributed by atoms with Crippen molar-refractivity contribution in [3.05, 3.63) is 77.1 Å². The first-order valence-electron chi connectivity index (χ1n) is 10.6. The van der Waals surface area contributed by atoms with Crippen LogP contribution in [0, 0.1) is 0 Å². The summed E-state index contributed by atoms with van der Waals surface area (Å²) in [5.41, 5.74) is 5.85. The SMILES string of the molecule is CCC1=CCC=C(C/C(C)=C/Nc2ccc([C@@H]3O[C@H](C)C[C@H](O)C3O)cc2)C=C1. The van der Waals surface area contributed by atoms with Gasteiger partial charge in [0, 0.05) is 18.3 Å². The number of ether oxygens (including phenoxy) is 1. The van der Waals surface area contributed by atoms with Crippen molar-refractivity contribution < 1.29 is 14.9 Å². The molecule has 1 saturated heterocycles. The molecule has 1 fully saturated rings. The zero-order valence-electron chi connectivity index (χ0n) is 17.6. The number of hydrogen-bond donors (Lipinski definition) is 3. The molecule has 29 heavy (non-hydrogen) atoms. The summed E-state index contributed by atoms with van der Waals surface area (Å²) in [7, 11) is 0. The maximum absolute atomic E-state index is 10.2. The Balaban J connectivity index is 1.58. The fraction of sp³-hybridized carbons (Fsp3) is 0.440. The molecule has 0 radical (unpaired) electrons. The lowest BCUT2D eigenvalue weighted by Crippen LogP contribution is -2.42. The molecule has 2 aliphatic rings. The van der Waals surface area contributed by atoms with Crippen molar-refractivity contribution in [1.82, 2.24) is 0 Å². The molecule has 0 amide bonds. The monoisotopic (exact) mass is 395 g/mol. The number of rotatable bonds is 6. The van der Waals surface area contributed by atoms with Crippen molar-refractivity contribution in [2.45, 2.75) is 70.9 Å². The van der Waals surface area contributed by atoms with Crippen LogP contribution in [0.1, 0.15) is 58.1 Å².